The number of aromatic nitrogens is 1. The molecule has 0 radical (unpaired) electrons. The lowest BCUT2D eigenvalue weighted by atomic mass is 10.1. The Morgan fingerprint density at radius 3 is 2.18 bits per heavy atom. The molecule has 0 spiro atoms. The second kappa shape index (κ2) is 7.67. The first-order valence-electron chi connectivity index (χ1n) is 9.49. The molecule has 1 saturated heterocycles. The first-order chi connectivity index (χ1) is 13.2. The normalized spacial score (nSPS) is 15.8. The highest BCUT2D eigenvalue weighted by Crippen LogP contribution is 2.26. The van der Waals surface area contributed by atoms with Crippen LogP contribution >= 0.6 is 0 Å². The van der Waals surface area contributed by atoms with E-state index in [1.54, 1.807) is 11.8 Å². The minimum atomic E-state index is -3.60. The molecule has 0 unspecified atom stereocenters. The smallest absolute Gasteiger partial charge is 0.259 e. The van der Waals surface area contributed by atoms with E-state index in [2.05, 4.69) is 5.16 Å². The lowest BCUT2D eigenvalue weighted by molar-refractivity contribution is 0.0695. The third-order valence-electron chi connectivity index (χ3n) is 5.21. The van der Waals surface area contributed by atoms with E-state index in [1.807, 2.05) is 39.8 Å². The maximum Gasteiger partial charge on any atom is 0.259 e. The molecular formula is C20H27N3O4S. The molecule has 1 aromatic heterocycles. The van der Waals surface area contributed by atoms with Crippen LogP contribution in [0.5, 0.6) is 0 Å². The van der Waals surface area contributed by atoms with Gasteiger partial charge in [0.15, 0.2) is 0 Å². The van der Waals surface area contributed by atoms with Crippen molar-refractivity contribution in [2.24, 2.45) is 0 Å². The van der Waals surface area contributed by atoms with Crippen LogP contribution < -0.4 is 0 Å². The summed E-state index contributed by atoms with van der Waals surface area (Å²) in [4.78, 5) is 14.9. The number of hydrogen-bond acceptors (Lipinski definition) is 5. The summed E-state index contributed by atoms with van der Waals surface area (Å²) in [7, 11) is -3.60. The number of piperazine rings is 1. The van der Waals surface area contributed by atoms with Crippen molar-refractivity contribution < 1.29 is 17.7 Å². The minimum absolute atomic E-state index is 0.143. The van der Waals surface area contributed by atoms with E-state index in [4.69, 9.17) is 4.52 Å². The Labute approximate surface area is 166 Å². The van der Waals surface area contributed by atoms with Crippen LogP contribution in [0.3, 0.4) is 0 Å². The molecule has 0 N–H and O–H groups in total. The average Bonchev–Trinajstić information content (AvgIpc) is 3.00. The molecular weight excluding hydrogens is 378 g/mol. The number of sulfonamides is 1. The molecule has 8 heteroatoms. The van der Waals surface area contributed by atoms with Gasteiger partial charge in [-0.3, -0.25) is 4.79 Å². The van der Waals surface area contributed by atoms with E-state index in [1.165, 1.54) is 4.31 Å². The van der Waals surface area contributed by atoms with Gasteiger partial charge < -0.3 is 9.42 Å². The van der Waals surface area contributed by atoms with Crippen molar-refractivity contribution in [2.45, 2.75) is 45.9 Å². The largest absolute Gasteiger partial charge is 0.361 e. The molecule has 0 atom stereocenters. The number of nitrogens with zero attached hydrogens (tertiary/aromatic N) is 3. The molecule has 7 nitrogen and oxygen atoms in total. The first kappa shape index (κ1) is 20.5. The zero-order valence-electron chi connectivity index (χ0n) is 17.1. The number of benzene rings is 1. The van der Waals surface area contributed by atoms with Crippen LogP contribution in [-0.4, -0.2) is 54.9 Å². The van der Waals surface area contributed by atoms with Crippen molar-refractivity contribution in [1.82, 2.24) is 14.4 Å². The topological polar surface area (TPSA) is 83.7 Å². The van der Waals surface area contributed by atoms with Crippen LogP contribution in [-0.2, 0) is 16.4 Å². The quantitative estimate of drug-likeness (QED) is 0.781. The fourth-order valence-electron chi connectivity index (χ4n) is 3.93. The first-order valence-corrected chi connectivity index (χ1v) is 10.9. The van der Waals surface area contributed by atoms with Crippen LogP contribution in [0.1, 0.15) is 45.4 Å². The molecule has 3 rings (SSSR count). The van der Waals surface area contributed by atoms with Gasteiger partial charge >= 0.3 is 0 Å². The fourth-order valence-corrected chi connectivity index (χ4v) is 5.76. The highest BCUT2D eigenvalue weighted by atomic mass is 32.2. The van der Waals surface area contributed by atoms with Crippen LogP contribution in [0.25, 0.3) is 0 Å². The van der Waals surface area contributed by atoms with Gasteiger partial charge in [-0.2, -0.15) is 4.31 Å². The zero-order valence-corrected chi connectivity index (χ0v) is 17.9. The number of aryl methyl sites for hydroxylation is 5. The Balaban J connectivity index is 1.78. The predicted molar refractivity (Wildman–Crippen MR) is 106 cm³/mol. The van der Waals surface area contributed by atoms with Gasteiger partial charge in [0.25, 0.3) is 5.91 Å². The van der Waals surface area contributed by atoms with Crippen LogP contribution in [0.4, 0.5) is 0 Å². The SMILES string of the molecule is CCc1noc(C)c1C(=O)N1CCN(S(=O)(=O)c2c(C)cc(C)cc2C)CC1. The Kier molecular flexibility index (Phi) is 5.63. The van der Waals surface area contributed by atoms with Gasteiger partial charge in [-0.25, -0.2) is 8.42 Å². The maximum absolute atomic E-state index is 13.2. The van der Waals surface area contributed by atoms with Crippen molar-refractivity contribution in [3.8, 4) is 0 Å². The molecule has 1 amide bonds. The third-order valence-corrected chi connectivity index (χ3v) is 7.42. The molecule has 0 aliphatic carbocycles. The average molecular weight is 406 g/mol. The summed E-state index contributed by atoms with van der Waals surface area (Å²) in [6.45, 7) is 10.5. The van der Waals surface area contributed by atoms with E-state index in [0.717, 1.165) is 16.7 Å². The van der Waals surface area contributed by atoms with Gasteiger partial charge in [-0.05, 0) is 45.2 Å². The van der Waals surface area contributed by atoms with Crippen molar-refractivity contribution in [3.05, 3.63) is 45.8 Å². The summed E-state index contributed by atoms with van der Waals surface area (Å²) in [5.74, 6) is 0.359. The van der Waals surface area contributed by atoms with Gasteiger partial charge in [0.1, 0.15) is 11.3 Å². The minimum Gasteiger partial charge on any atom is -0.361 e. The molecule has 0 bridgehead atoms. The van der Waals surface area contributed by atoms with E-state index in [0.29, 0.717) is 41.4 Å². The maximum atomic E-state index is 13.2. The summed E-state index contributed by atoms with van der Waals surface area (Å²) < 4.78 is 33.0. The van der Waals surface area contributed by atoms with E-state index in [-0.39, 0.29) is 19.0 Å². The van der Waals surface area contributed by atoms with Crippen molar-refractivity contribution in [2.75, 3.05) is 26.2 Å². The molecule has 2 heterocycles. The van der Waals surface area contributed by atoms with Crippen LogP contribution in [0.2, 0.25) is 0 Å². The van der Waals surface area contributed by atoms with E-state index < -0.39 is 10.0 Å². The number of hydrogen-bond donors (Lipinski definition) is 0. The van der Waals surface area contributed by atoms with Crippen LogP contribution in [0.15, 0.2) is 21.6 Å². The predicted octanol–water partition coefficient (Wildman–Crippen LogP) is 2.62. The lowest BCUT2D eigenvalue weighted by Gasteiger charge is -2.34. The summed E-state index contributed by atoms with van der Waals surface area (Å²) in [6.07, 6.45) is 0.610. The molecule has 152 valence electrons. The monoisotopic (exact) mass is 405 g/mol. The molecule has 1 fully saturated rings. The van der Waals surface area contributed by atoms with Gasteiger partial charge in [-0.1, -0.05) is 29.8 Å². The molecule has 0 saturated carbocycles. The lowest BCUT2D eigenvalue weighted by Crippen LogP contribution is -2.50. The number of rotatable bonds is 4. The summed E-state index contributed by atoms with van der Waals surface area (Å²) in [5.41, 5.74) is 3.69. The van der Waals surface area contributed by atoms with E-state index >= 15 is 0 Å². The summed E-state index contributed by atoms with van der Waals surface area (Å²) in [6, 6.07) is 3.78. The van der Waals surface area contributed by atoms with Crippen molar-refractivity contribution >= 4 is 15.9 Å². The summed E-state index contributed by atoms with van der Waals surface area (Å²) >= 11 is 0. The Bertz CT molecular complexity index is 979. The summed E-state index contributed by atoms with van der Waals surface area (Å²) in [5, 5.41) is 3.94. The Morgan fingerprint density at radius 1 is 1.07 bits per heavy atom. The van der Waals surface area contributed by atoms with Gasteiger partial charge in [-0.15, -0.1) is 0 Å². The highest BCUT2D eigenvalue weighted by molar-refractivity contribution is 7.89. The van der Waals surface area contributed by atoms with Gasteiger partial charge in [0.05, 0.1) is 10.6 Å². The number of carbonyl (C=O) groups is 1. The molecule has 2 aromatic rings. The second-order valence-corrected chi connectivity index (χ2v) is 9.21. The number of carbonyl (C=O) groups excluding carboxylic acids is 1. The zero-order chi connectivity index (χ0) is 20.6. The fraction of sp³-hybridized carbons (Fsp3) is 0.500. The Hall–Kier alpha value is -2.19. The standard InChI is InChI=1S/C20H27N3O4S/c1-6-17-18(16(5)27-21-17)20(24)22-7-9-23(10-8-22)28(25,26)19-14(3)11-13(2)12-15(19)4/h11-12H,6-10H2,1-5H3. The highest BCUT2D eigenvalue weighted by Gasteiger charge is 2.33. The van der Waals surface area contributed by atoms with Gasteiger partial charge in [0.2, 0.25) is 10.0 Å². The third kappa shape index (κ3) is 3.58. The molecule has 1 aliphatic heterocycles. The molecule has 1 aromatic carbocycles. The Morgan fingerprint density at radius 2 is 1.64 bits per heavy atom. The molecule has 28 heavy (non-hydrogen) atoms. The number of amides is 1. The van der Waals surface area contributed by atoms with Crippen molar-refractivity contribution in [3.63, 3.8) is 0 Å². The second-order valence-electron chi connectivity index (χ2n) is 7.34. The van der Waals surface area contributed by atoms with Crippen molar-refractivity contribution in [1.29, 1.82) is 0 Å². The van der Waals surface area contributed by atoms with Crippen LogP contribution in [0, 0.1) is 27.7 Å². The van der Waals surface area contributed by atoms with Gasteiger partial charge in [0, 0.05) is 26.2 Å². The van der Waals surface area contributed by atoms with E-state index in [9.17, 15) is 13.2 Å². The molecule has 1 aliphatic rings.